The van der Waals surface area contributed by atoms with E-state index < -0.39 is 0 Å². The number of aryl methyl sites for hydroxylation is 3. The Hall–Kier alpha value is -2.11. The second-order valence-corrected chi connectivity index (χ2v) is 4.36. The van der Waals surface area contributed by atoms with E-state index in [0.717, 1.165) is 17.0 Å². The molecular weight excluding hydrogens is 230 g/mol. The molecule has 2 aromatic rings. The van der Waals surface area contributed by atoms with Crippen molar-refractivity contribution >= 4 is 5.91 Å². The smallest absolute Gasteiger partial charge is 0.269 e. The van der Waals surface area contributed by atoms with Crippen LogP contribution in [-0.4, -0.2) is 25.5 Å². The summed E-state index contributed by atoms with van der Waals surface area (Å²) in [4.78, 5) is 12.0. The molecule has 0 saturated heterocycles. The van der Waals surface area contributed by atoms with Gasteiger partial charge in [-0.25, -0.2) is 0 Å². The van der Waals surface area contributed by atoms with Gasteiger partial charge in [-0.15, -0.1) is 0 Å². The number of hydrogen-bond acceptors (Lipinski definition) is 3. The fourth-order valence-electron chi connectivity index (χ4n) is 1.81. The summed E-state index contributed by atoms with van der Waals surface area (Å²) in [5.41, 5.74) is 3.47. The quantitative estimate of drug-likeness (QED) is 0.868. The summed E-state index contributed by atoms with van der Waals surface area (Å²) >= 11 is 0. The molecule has 6 nitrogen and oxygen atoms in total. The maximum Gasteiger partial charge on any atom is 0.269 e. The van der Waals surface area contributed by atoms with Crippen LogP contribution in [0.15, 0.2) is 12.3 Å². The lowest BCUT2D eigenvalue weighted by molar-refractivity contribution is 0.0941. The van der Waals surface area contributed by atoms with Gasteiger partial charge in [0.25, 0.3) is 5.91 Å². The summed E-state index contributed by atoms with van der Waals surface area (Å²) in [6.07, 6.45) is 1.77. The molecule has 2 heterocycles. The molecule has 6 heteroatoms. The highest BCUT2D eigenvalue weighted by Gasteiger charge is 2.12. The zero-order valence-corrected chi connectivity index (χ0v) is 11.1. The first-order chi connectivity index (χ1) is 8.49. The van der Waals surface area contributed by atoms with Crippen LogP contribution in [0.25, 0.3) is 0 Å². The number of carbonyl (C=O) groups excluding carboxylic acids is 1. The first-order valence-corrected chi connectivity index (χ1v) is 5.75. The Morgan fingerprint density at radius 1 is 1.33 bits per heavy atom. The Kier molecular flexibility index (Phi) is 3.18. The van der Waals surface area contributed by atoms with Gasteiger partial charge in [0.2, 0.25) is 0 Å². The Balaban J connectivity index is 2.05. The van der Waals surface area contributed by atoms with E-state index in [-0.39, 0.29) is 5.91 Å². The van der Waals surface area contributed by atoms with Crippen LogP contribution in [-0.2, 0) is 20.6 Å². The van der Waals surface area contributed by atoms with E-state index >= 15 is 0 Å². The zero-order valence-electron chi connectivity index (χ0n) is 11.1. The average molecular weight is 247 g/mol. The molecule has 0 radical (unpaired) electrons. The molecule has 0 spiro atoms. The zero-order chi connectivity index (χ0) is 13.3. The predicted molar refractivity (Wildman–Crippen MR) is 67.1 cm³/mol. The summed E-state index contributed by atoms with van der Waals surface area (Å²) in [7, 11) is 3.64. The van der Waals surface area contributed by atoms with Gasteiger partial charge in [0.15, 0.2) is 0 Å². The lowest BCUT2D eigenvalue weighted by Crippen LogP contribution is -2.25. The monoisotopic (exact) mass is 247 g/mol. The summed E-state index contributed by atoms with van der Waals surface area (Å²) in [5, 5.41) is 11.2. The van der Waals surface area contributed by atoms with E-state index in [1.807, 2.05) is 20.9 Å². The highest BCUT2D eigenvalue weighted by molar-refractivity contribution is 5.92. The van der Waals surface area contributed by atoms with Gasteiger partial charge in [0, 0.05) is 31.9 Å². The highest BCUT2D eigenvalue weighted by Crippen LogP contribution is 2.06. The molecule has 96 valence electrons. The van der Waals surface area contributed by atoms with Gasteiger partial charge in [-0.1, -0.05) is 0 Å². The lowest BCUT2D eigenvalue weighted by atomic mass is 10.2. The fraction of sp³-hybridized carbons (Fsp3) is 0.417. The van der Waals surface area contributed by atoms with E-state index in [1.165, 1.54) is 0 Å². The highest BCUT2D eigenvalue weighted by atomic mass is 16.2. The number of carbonyl (C=O) groups is 1. The number of hydrogen-bond donors (Lipinski definition) is 1. The van der Waals surface area contributed by atoms with E-state index in [2.05, 4.69) is 15.5 Å². The molecule has 2 aromatic heterocycles. The second-order valence-electron chi connectivity index (χ2n) is 4.36. The minimum Gasteiger partial charge on any atom is -0.347 e. The Morgan fingerprint density at radius 3 is 2.56 bits per heavy atom. The van der Waals surface area contributed by atoms with Crippen LogP contribution in [0.2, 0.25) is 0 Å². The Labute approximate surface area is 106 Å². The topological polar surface area (TPSA) is 64.7 Å². The van der Waals surface area contributed by atoms with Crippen molar-refractivity contribution in [3.63, 3.8) is 0 Å². The minimum absolute atomic E-state index is 0.124. The normalized spacial score (nSPS) is 10.7. The van der Waals surface area contributed by atoms with Gasteiger partial charge in [-0.3, -0.25) is 14.2 Å². The summed E-state index contributed by atoms with van der Waals surface area (Å²) in [6, 6.07) is 1.77. The molecule has 0 saturated carbocycles. The third kappa shape index (κ3) is 2.27. The number of amides is 1. The van der Waals surface area contributed by atoms with Crippen LogP contribution in [0.3, 0.4) is 0 Å². The molecule has 0 aliphatic rings. The number of nitrogens with one attached hydrogen (secondary N) is 1. The standard InChI is InChI=1S/C12H17N5O/c1-8-5-11(17(4)15-8)12(18)13-6-10-7-14-16(3)9(10)2/h5,7H,6H2,1-4H3,(H,13,18). The molecule has 0 bridgehead atoms. The average Bonchev–Trinajstić information content (AvgIpc) is 2.81. The molecule has 1 amide bonds. The van der Waals surface area contributed by atoms with Crippen LogP contribution in [0.1, 0.15) is 27.4 Å². The molecule has 0 atom stereocenters. The van der Waals surface area contributed by atoms with Crippen molar-refractivity contribution in [2.24, 2.45) is 14.1 Å². The van der Waals surface area contributed by atoms with Crippen LogP contribution >= 0.6 is 0 Å². The van der Waals surface area contributed by atoms with Crippen molar-refractivity contribution in [2.75, 3.05) is 0 Å². The maximum absolute atomic E-state index is 12.0. The minimum atomic E-state index is -0.124. The van der Waals surface area contributed by atoms with E-state index in [0.29, 0.717) is 12.2 Å². The molecule has 0 unspecified atom stereocenters. The summed E-state index contributed by atoms with van der Waals surface area (Å²) in [6.45, 7) is 4.31. The van der Waals surface area contributed by atoms with Gasteiger partial charge in [0.05, 0.1) is 11.9 Å². The van der Waals surface area contributed by atoms with Crippen molar-refractivity contribution in [1.82, 2.24) is 24.9 Å². The van der Waals surface area contributed by atoms with Crippen molar-refractivity contribution in [2.45, 2.75) is 20.4 Å². The second kappa shape index (κ2) is 4.64. The van der Waals surface area contributed by atoms with E-state index in [9.17, 15) is 4.79 Å². The molecule has 2 rings (SSSR count). The molecule has 0 aliphatic heterocycles. The number of nitrogens with zero attached hydrogens (tertiary/aromatic N) is 4. The first-order valence-electron chi connectivity index (χ1n) is 5.75. The Bertz CT molecular complexity index is 581. The third-order valence-corrected chi connectivity index (χ3v) is 3.01. The largest absolute Gasteiger partial charge is 0.347 e. The molecule has 0 aromatic carbocycles. The molecule has 0 aliphatic carbocycles. The molecule has 18 heavy (non-hydrogen) atoms. The van der Waals surface area contributed by atoms with Crippen molar-refractivity contribution in [1.29, 1.82) is 0 Å². The molecular formula is C12H17N5O. The lowest BCUT2D eigenvalue weighted by Gasteiger charge is -2.05. The van der Waals surface area contributed by atoms with Crippen molar-refractivity contribution in [3.05, 3.63) is 34.9 Å². The van der Waals surface area contributed by atoms with Crippen molar-refractivity contribution in [3.8, 4) is 0 Å². The summed E-state index contributed by atoms with van der Waals surface area (Å²) < 4.78 is 3.37. The van der Waals surface area contributed by atoms with Gasteiger partial charge < -0.3 is 5.32 Å². The maximum atomic E-state index is 12.0. The first kappa shape index (κ1) is 12.3. The SMILES string of the molecule is Cc1cc(C(=O)NCc2cnn(C)c2C)n(C)n1. The van der Waals surface area contributed by atoms with Crippen LogP contribution < -0.4 is 5.32 Å². The van der Waals surface area contributed by atoms with Crippen LogP contribution in [0.4, 0.5) is 0 Å². The predicted octanol–water partition coefficient (Wildman–Crippen LogP) is 0.700. The van der Waals surface area contributed by atoms with Crippen molar-refractivity contribution < 1.29 is 4.79 Å². The van der Waals surface area contributed by atoms with Crippen LogP contribution in [0.5, 0.6) is 0 Å². The van der Waals surface area contributed by atoms with E-state index in [1.54, 1.807) is 28.7 Å². The Morgan fingerprint density at radius 2 is 2.06 bits per heavy atom. The molecule has 1 N–H and O–H groups in total. The molecule has 0 fully saturated rings. The van der Waals surface area contributed by atoms with E-state index in [4.69, 9.17) is 0 Å². The number of rotatable bonds is 3. The van der Waals surface area contributed by atoms with Gasteiger partial charge in [0.1, 0.15) is 5.69 Å². The fourth-order valence-corrected chi connectivity index (χ4v) is 1.81. The number of aromatic nitrogens is 4. The van der Waals surface area contributed by atoms with Gasteiger partial charge in [-0.2, -0.15) is 10.2 Å². The van der Waals surface area contributed by atoms with Crippen LogP contribution in [0, 0.1) is 13.8 Å². The van der Waals surface area contributed by atoms with Gasteiger partial charge in [-0.05, 0) is 19.9 Å². The third-order valence-electron chi connectivity index (χ3n) is 3.01. The van der Waals surface area contributed by atoms with Gasteiger partial charge >= 0.3 is 0 Å². The summed E-state index contributed by atoms with van der Waals surface area (Å²) in [5.74, 6) is -0.124.